The Labute approximate surface area is 146 Å². The molecule has 0 unspecified atom stereocenters. The molecule has 4 nitrogen and oxygen atoms in total. The number of hydrogen-bond acceptors (Lipinski definition) is 3. The summed E-state index contributed by atoms with van der Waals surface area (Å²) >= 11 is 0. The van der Waals surface area contributed by atoms with Gasteiger partial charge in [0.05, 0.1) is 17.1 Å². The maximum Gasteiger partial charge on any atom is 0.264 e. The van der Waals surface area contributed by atoms with Crippen molar-refractivity contribution in [1.82, 2.24) is 4.98 Å². The Kier molecular flexibility index (Phi) is 4.81. The van der Waals surface area contributed by atoms with Gasteiger partial charge < -0.3 is 0 Å². The largest absolute Gasteiger partial charge is 0.264 e. The van der Waals surface area contributed by atoms with E-state index in [4.69, 9.17) is 0 Å². The third-order valence-corrected chi connectivity index (χ3v) is 5.53. The zero-order valence-electron chi connectivity index (χ0n) is 13.6. The summed E-state index contributed by atoms with van der Waals surface area (Å²) < 4.78 is 40.8. The molecule has 128 valence electrons. The smallest absolute Gasteiger partial charge is 0.264 e. The van der Waals surface area contributed by atoms with E-state index in [9.17, 15) is 12.8 Å². The summed E-state index contributed by atoms with van der Waals surface area (Å²) in [6, 6.07) is 15.7. The van der Waals surface area contributed by atoms with Crippen LogP contribution in [0, 0.1) is 12.7 Å². The molecule has 0 saturated carbocycles. The van der Waals surface area contributed by atoms with Gasteiger partial charge in [-0.1, -0.05) is 18.2 Å². The summed E-state index contributed by atoms with van der Waals surface area (Å²) in [7, 11) is -3.85. The quantitative estimate of drug-likeness (QED) is 0.696. The van der Waals surface area contributed by atoms with Crippen molar-refractivity contribution in [3.63, 3.8) is 0 Å². The third kappa shape index (κ3) is 3.85. The van der Waals surface area contributed by atoms with Gasteiger partial charge in [-0.15, -0.1) is 0 Å². The molecule has 0 saturated heterocycles. The Balaban J connectivity index is 2.08. The molecule has 0 aliphatic heterocycles. The van der Waals surface area contributed by atoms with Gasteiger partial charge in [0.25, 0.3) is 10.0 Å². The van der Waals surface area contributed by atoms with Crippen LogP contribution in [-0.4, -0.2) is 13.4 Å². The maximum atomic E-state index is 13.2. The first-order valence-electron chi connectivity index (χ1n) is 7.71. The Morgan fingerprint density at radius 2 is 1.80 bits per heavy atom. The van der Waals surface area contributed by atoms with Gasteiger partial charge in [-0.05, 0) is 60.5 Å². The van der Waals surface area contributed by atoms with E-state index in [2.05, 4.69) is 4.98 Å². The Bertz CT molecular complexity index is 958. The zero-order valence-corrected chi connectivity index (χ0v) is 14.4. The van der Waals surface area contributed by atoms with Crippen LogP contribution < -0.4 is 4.31 Å². The molecule has 0 amide bonds. The average molecular weight is 356 g/mol. The second kappa shape index (κ2) is 7.03. The summed E-state index contributed by atoms with van der Waals surface area (Å²) in [6.07, 6.45) is 3.26. The highest BCUT2D eigenvalue weighted by Crippen LogP contribution is 2.26. The highest BCUT2D eigenvalue weighted by atomic mass is 32.2. The molecule has 2 aromatic carbocycles. The van der Waals surface area contributed by atoms with Gasteiger partial charge in [-0.2, -0.15) is 0 Å². The molecule has 0 radical (unpaired) electrons. The van der Waals surface area contributed by atoms with Gasteiger partial charge in [-0.3, -0.25) is 9.29 Å². The van der Waals surface area contributed by atoms with Crippen LogP contribution in [0.5, 0.6) is 0 Å². The summed E-state index contributed by atoms with van der Waals surface area (Å²) in [5.41, 5.74) is 2.26. The molecule has 0 aliphatic carbocycles. The number of aryl methyl sites for hydroxylation is 1. The fourth-order valence-corrected chi connectivity index (χ4v) is 3.93. The first-order chi connectivity index (χ1) is 12.0. The number of pyridine rings is 1. The van der Waals surface area contributed by atoms with Crippen molar-refractivity contribution < 1.29 is 12.8 Å². The van der Waals surface area contributed by atoms with E-state index < -0.39 is 15.8 Å². The first kappa shape index (κ1) is 17.1. The van der Waals surface area contributed by atoms with Crippen molar-refractivity contribution in [2.45, 2.75) is 18.4 Å². The SMILES string of the molecule is Cc1cccc(N(Cc2cccnc2)S(=O)(=O)c2ccc(F)cc2)c1. The van der Waals surface area contributed by atoms with Crippen LogP contribution in [0.25, 0.3) is 0 Å². The summed E-state index contributed by atoms with van der Waals surface area (Å²) in [4.78, 5) is 4.09. The summed E-state index contributed by atoms with van der Waals surface area (Å²) in [5, 5.41) is 0. The van der Waals surface area contributed by atoms with E-state index in [1.165, 1.54) is 16.4 Å². The number of benzene rings is 2. The van der Waals surface area contributed by atoms with Gasteiger partial charge in [0.2, 0.25) is 0 Å². The Morgan fingerprint density at radius 3 is 2.44 bits per heavy atom. The van der Waals surface area contributed by atoms with Crippen LogP contribution in [0.15, 0.2) is 78.0 Å². The lowest BCUT2D eigenvalue weighted by Gasteiger charge is -2.25. The molecule has 1 heterocycles. The van der Waals surface area contributed by atoms with E-state index in [0.29, 0.717) is 5.69 Å². The minimum Gasteiger partial charge on any atom is -0.264 e. The van der Waals surface area contributed by atoms with Gasteiger partial charge in [-0.25, -0.2) is 12.8 Å². The van der Waals surface area contributed by atoms with Crippen LogP contribution in [-0.2, 0) is 16.6 Å². The lowest BCUT2D eigenvalue weighted by molar-refractivity contribution is 0.589. The number of hydrogen-bond donors (Lipinski definition) is 0. The lowest BCUT2D eigenvalue weighted by atomic mass is 10.2. The van der Waals surface area contributed by atoms with Crippen LogP contribution in [0.2, 0.25) is 0 Å². The van der Waals surface area contributed by atoms with Gasteiger partial charge in [0.15, 0.2) is 0 Å². The third-order valence-electron chi connectivity index (χ3n) is 3.74. The topological polar surface area (TPSA) is 50.3 Å². The van der Waals surface area contributed by atoms with Gasteiger partial charge in [0, 0.05) is 12.4 Å². The fraction of sp³-hybridized carbons (Fsp3) is 0.105. The standard InChI is InChI=1S/C19H17FN2O2S/c1-15-4-2-6-18(12-15)22(14-16-5-3-11-21-13-16)25(23,24)19-9-7-17(20)8-10-19/h2-13H,14H2,1H3. The highest BCUT2D eigenvalue weighted by molar-refractivity contribution is 7.92. The molecule has 0 fully saturated rings. The van der Waals surface area contributed by atoms with Crippen molar-refractivity contribution in [3.8, 4) is 0 Å². The molecule has 0 aliphatic rings. The average Bonchev–Trinajstić information content (AvgIpc) is 2.61. The van der Waals surface area contributed by atoms with E-state index >= 15 is 0 Å². The summed E-state index contributed by atoms with van der Waals surface area (Å²) in [6.45, 7) is 2.03. The molecule has 6 heteroatoms. The van der Waals surface area contributed by atoms with Crippen molar-refractivity contribution in [2.75, 3.05) is 4.31 Å². The first-order valence-corrected chi connectivity index (χ1v) is 9.15. The van der Waals surface area contributed by atoms with Crippen LogP contribution in [0.1, 0.15) is 11.1 Å². The van der Waals surface area contributed by atoms with Crippen LogP contribution in [0.4, 0.5) is 10.1 Å². The maximum absolute atomic E-state index is 13.2. The molecule has 25 heavy (non-hydrogen) atoms. The molecule has 0 atom stereocenters. The predicted octanol–water partition coefficient (Wildman–Crippen LogP) is 3.92. The minimum absolute atomic E-state index is 0.0410. The minimum atomic E-state index is -3.85. The van der Waals surface area contributed by atoms with E-state index in [1.807, 2.05) is 19.1 Å². The normalized spacial score (nSPS) is 11.3. The molecule has 3 rings (SSSR count). The molecular weight excluding hydrogens is 339 g/mol. The molecule has 1 aromatic heterocycles. The molecule has 0 N–H and O–H groups in total. The summed E-state index contributed by atoms with van der Waals surface area (Å²) in [5.74, 6) is -0.478. The van der Waals surface area contributed by atoms with Crippen LogP contribution in [0.3, 0.4) is 0 Å². The Hall–Kier alpha value is -2.73. The molecule has 0 spiro atoms. The number of nitrogens with zero attached hydrogens (tertiary/aromatic N) is 2. The van der Waals surface area contributed by atoms with Gasteiger partial charge >= 0.3 is 0 Å². The van der Waals surface area contributed by atoms with Crippen LogP contribution >= 0.6 is 0 Å². The second-order valence-electron chi connectivity index (χ2n) is 5.67. The van der Waals surface area contributed by atoms with Gasteiger partial charge in [0.1, 0.15) is 5.82 Å². The van der Waals surface area contributed by atoms with E-state index in [1.54, 1.807) is 36.7 Å². The van der Waals surface area contributed by atoms with Crippen molar-refractivity contribution >= 4 is 15.7 Å². The number of anilines is 1. The predicted molar refractivity (Wildman–Crippen MR) is 95.2 cm³/mol. The second-order valence-corrected chi connectivity index (χ2v) is 7.53. The number of aromatic nitrogens is 1. The molecule has 3 aromatic rings. The molecule has 0 bridgehead atoms. The highest BCUT2D eigenvalue weighted by Gasteiger charge is 2.25. The Morgan fingerprint density at radius 1 is 1.04 bits per heavy atom. The monoisotopic (exact) mass is 356 g/mol. The van der Waals surface area contributed by atoms with Crippen molar-refractivity contribution in [2.24, 2.45) is 0 Å². The lowest BCUT2D eigenvalue weighted by Crippen LogP contribution is -2.30. The number of sulfonamides is 1. The fourth-order valence-electron chi connectivity index (χ4n) is 2.49. The van der Waals surface area contributed by atoms with E-state index in [-0.39, 0.29) is 11.4 Å². The van der Waals surface area contributed by atoms with E-state index in [0.717, 1.165) is 23.3 Å². The van der Waals surface area contributed by atoms with Crippen molar-refractivity contribution in [1.29, 1.82) is 0 Å². The van der Waals surface area contributed by atoms with Crippen molar-refractivity contribution in [3.05, 3.63) is 90.0 Å². The molecular formula is C19H17FN2O2S. The number of halogens is 1. The number of rotatable bonds is 5. The zero-order chi connectivity index (χ0) is 17.9.